The Morgan fingerprint density at radius 1 is 1.11 bits per heavy atom. The van der Waals surface area contributed by atoms with Crippen LogP contribution in [0.2, 0.25) is 5.02 Å². The van der Waals surface area contributed by atoms with E-state index in [1.54, 1.807) is 30.3 Å². The smallest absolute Gasteiger partial charge is 0.224 e. The first-order valence-electron chi connectivity index (χ1n) is 8.53. The molecule has 2 rings (SSSR count). The fraction of sp³-hybridized carbons (Fsp3) is 0.300. The van der Waals surface area contributed by atoms with E-state index in [1.807, 2.05) is 13.0 Å². The van der Waals surface area contributed by atoms with Crippen molar-refractivity contribution >= 4 is 34.8 Å². The van der Waals surface area contributed by atoms with Crippen molar-refractivity contribution in [3.63, 3.8) is 0 Å². The summed E-state index contributed by atoms with van der Waals surface area (Å²) < 4.78 is 10.9. The number of anilines is 2. The van der Waals surface area contributed by atoms with Crippen LogP contribution in [0.1, 0.15) is 25.3 Å². The van der Waals surface area contributed by atoms with E-state index in [9.17, 15) is 9.59 Å². The van der Waals surface area contributed by atoms with Gasteiger partial charge in [0.2, 0.25) is 11.8 Å². The van der Waals surface area contributed by atoms with Gasteiger partial charge in [-0.05, 0) is 55.3 Å². The van der Waals surface area contributed by atoms with E-state index in [1.165, 1.54) is 14.0 Å². The number of carbonyl (C=O) groups is 2. The first-order chi connectivity index (χ1) is 12.9. The Hall–Kier alpha value is -2.73. The van der Waals surface area contributed by atoms with E-state index in [-0.39, 0.29) is 11.8 Å². The number of benzene rings is 2. The standard InChI is InChI=1S/C20H23ClN2O4/c1-13-11-16(7-8-17(13)21)27-10-4-5-20(25)23-18-12-15(22-14(2)24)6-9-19(18)26-3/h6-9,11-12H,4-5,10H2,1-3H3,(H,22,24)(H,23,25). The first kappa shape index (κ1) is 20.6. The minimum Gasteiger partial charge on any atom is -0.495 e. The normalized spacial score (nSPS) is 10.2. The van der Waals surface area contributed by atoms with Crippen molar-refractivity contribution in [2.45, 2.75) is 26.7 Å². The van der Waals surface area contributed by atoms with E-state index in [0.29, 0.717) is 41.6 Å². The van der Waals surface area contributed by atoms with Gasteiger partial charge < -0.3 is 20.1 Å². The van der Waals surface area contributed by atoms with Crippen LogP contribution < -0.4 is 20.1 Å². The third-order valence-electron chi connectivity index (χ3n) is 3.74. The average Bonchev–Trinajstić information content (AvgIpc) is 2.61. The summed E-state index contributed by atoms with van der Waals surface area (Å²) in [5.74, 6) is 0.892. The van der Waals surface area contributed by atoms with E-state index < -0.39 is 0 Å². The third kappa shape index (κ3) is 6.49. The van der Waals surface area contributed by atoms with Crippen LogP contribution in [0.3, 0.4) is 0 Å². The number of amides is 2. The minimum absolute atomic E-state index is 0.163. The van der Waals surface area contributed by atoms with Gasteiger partial charge in [0.05, 0.1) is 19.4 Å². The summed E-state index contributed by atoms with van der Waals surface area (Å²) in [5.41, 5.74) is 2.03. The van der Waals surface area contributed by atoms with Gasteiger partial charge in [0.25, 0.3) is 0 Å². The zero-order chi connectivity index (χ0) is 19.8. The maximum Gasteiger partial charge on any atom is 0.224 e. The third-order valence-corrected chi connectivity index (χ3v) is 4.16. The van der Waals surface area contributed by atoms with E-state index >= 15 is 0 Å². The summed E-state index contributed by atoms with van der Waals surface area (Å²) in [6, 6.07) is 10.5. The fourth-order valence-electron chi connectivity index (χ4n) is 2.43. The Labute approximate surface area is 163 Å². The van der Waals surface area contributed by atoms with Crippen LogP contribution in [0.4, 0.5) is 11.4 Å². The molecule has 6 nitrogen and oxygen atoms in total. The molecule has 0 spiro atoms. The lowest BCUT2D eigenvalue weighted by Gasteiger charge is -2.12. The second-order valence-corrected chi connectivity index (χ2v) is 6.41. The van der Waals surface area contributed by atoms with Crippen LogP contribution in [-0.4, -0.2) is 25.5 Å². The molecule has 0 bridgehead atoms. The quantitative estimate of drug-likeness (QED) is 0.654. The molecule has 2 N–H and O–H groups in total. The van der Waals surface area contributed by atoms with Gasteiger partial charge in [-0.1, -0.05) is 11.6 Å². The molecule has 0 radical (unpaired) electrons. The van der Waals surface area contributed by atoms with Gasteiger partial charge in [0.1, 0.15) is 11.5 Å². The van der Waals surface area contributed by atoms with Crippen molar-refractivity contribution in [3.8, 4) is 11.5 Å². The number of ether oxygens (including phenoxy) is 2. The molecule has 0 atom stereocenters. The van der Waals surface area contributed by atoms with Crippen molar-refractivity contribution in [2.75, 3.05) is 24.4 Å². The van der Waals surface area contributed by atoms with Gasteiger partial charge >= 0.3 is 0 Å². The summed E-state index contributed by atoms with van der Waals surface area (Å²) in [4.78, 5) is 23.4. The van der Waals surface area contributed by atoms with E-state index in [0.717, 1.165) is 11.3 Å². The number of carbonyl (C=O) groups excluding carboxylic acids is 2. The minimum atomic E-state index is -0.188. The van der Waals surface area contributed by atoms with Crippen molar-refractivity contribution in [3.05, 3.63) is 47.0 Å². The number of methoxy groups -OCH3 is 1. The molecule has 27 heavy (non-hydrogen) atoms. The number of rotatable bonds is 8. The van der Waals surface area contributed by atoms with Crippen molar-refractivity contribution < 1.29 is 19.1 Å². The van der Waals surface area contributed by atoms with Gasteiger partial charge in [0, 0.05) is 24.1 Å². The van der Waals surface area contributed by atoms with Gasteiger partial charge in [-0.25, -0.2) is 0 Å². The van der Waals surface area contributed by atoms with E-state index in [2.05, 4.69) is 10.6 Å². The van der Waals surface area contributed by atoms with Gasteiger partial charge in [-0.2, -0.15) is 0 Å². The SMILES string of the molecule is COc1ccc(NC(C)=O)cc1NC(=O)CCCOc1ccc(Cl)c(C)c1. The Bertz CT molecular complexity index is 824. The molecule has 0 unspecified atom stereocenters. The first-order valence-corrected chi connectivity index (χ1v) is 8.91. The highest BCUT2D eigenvalue weighted by atomic mass is 35.5. The summed E-state index contributed by atoms with van der Waals surface area (Å²) in [7, 11) is 1.52. The Morgan fingerprint density at radius 3 is 2.56 bits per heavy atom. The van der Waals surface area contributed by atoms with Gasteiger partial charge in [-0.3, -0.25) is 9.59 Å². The molecule has 0 aliphatic heterocycles. The van der Waals surface area contributed by atoms with Gasteiger partial charge in [-0.15, -0.1) is 0 Å². The number of hydrogen-bond donors (Lipinski definition) is 2. The molecule has 7 heteroatoms. The van der Waals surface area contributed by atoms with Crippen LogP contribution in [0.5, 0.6) is 11.5 Å². The predicted octanol–water partition coefficient (Wildman–Crippen LogP) is 4.41. The summed E-state index contributed by atoms with van der Waals surface area (Å²) in [5, 5.41) is 6.17. The molecule has 2 aromatic rings. The van der Waals surface area contributed by atoms with Crippen LogP contribution in [0.15, 0.2) is 36.4 Å². The van der Waals surface area contributed by atoms with Crippen LogP contribution >= 0.6 is 11.6 Å². The summed E-state index contributed by atoms with van der Waals surface area (Å²) in [6.07, 6.45) is 0.849. The second kappa shape index (κ2) is 9.83. The number of aryl methyl sites for hydroxylation is 1. The monoisotopic (exact) mass is 390 g/mol. The molecule has 0 aliphatic rings. The largest absolute Gasteiger partial charge is 0.495 e. The van der Waals surface area contributed by atoms with Crippen LogP contribution in [-0.2, 0) is 9.59 Å². The average molecular weight is 391 g/mol. The lowest BCUT2D eigenvalue weighted by molar-refractivity contribution is -0.116. The van der Waals surface area contributed by atoms with Crippen LogP contribution in [0.25, 0.3) is 0 Å². The Morgan fingerprint density at radius 2 is 1.89 bits per heavy atom. The number of halogens is 1. The second-order valence-electron chi connectivity index (χ2n) is 6.01. The molecular formula is C20H23ClN2O4. The molecule has 2 amide bonds. The maximum atomic E-state index is 12.2. The lowest BCUT2D eigenvalue weighted by atomic mass is 10.2. The highest BCUT2D eigenvalue weighted by Gasteiger charge is 2.09. The Kier molecular flexibility index (Phi) is 7.49. The van der Waals surface area contributed by atoms with Crippen molar-refractivity contribution in [1.82, 2.24) is 0 Å². The molecule has 0 saturated carbocycles. The molecule has 0 aliphatic carbocycles. The molecule has 0 fully saturated rings. The van der Waals surface area contributed by atoms with E-state index in [4.69, 9.17) is 21.1 Å². The molecule has 2 aromatic carbocycles. The zero-order valence-corrected chi connectivity index (χ0v) is 16.4. The Balaban J connectivity index is 1.85. The zero-order valence-electron chi connectivity index (χ0n) is 15.6. The predicted molar refractivity (Wildman–Crippen MR) is 107 cm³/mol. The topological polar surface area (TPSA) is 76.7 Å². The van der Waals surface area contributed by atoms with Gasteiger partial charge in [0.15, 0.2) is 0 Å². The van der Waals surface area contributed by atoms with Crippen LogP contribution in [0, 0.1) is 6.92 Å². The molecular weight excluding hydrogens is 368 g/mol. The lowest BCUT2D eigenvalue weighted by Crippen LogP contribution is -2.14. The van der Waals surface area contributed by atoms with Crippen molar-refractivity contribution in [1.29, 1.82) is 0 Å². The molecule has 0 heterocycles. The maximum absolute atomic E-state index is 12.2. The fourth-order valence-corrected chi connectivity index (χ4v) is 2.55. The highest BCUT2D eigenvalue weighted by molar-refractivity contribution is 6.31. The molecule has 0 saturated heterocycles. The molecule has 144 valence electrons. The highest BCUT2D eigenvalue weighted by Crippen LogP contribution is 2.28. The molecule has 0 aromatic heterocycles. The number of nitrogens with one attached hydrogen (secondary N) is 2. The number of hydrogen-bond acceptors (Lipinski definition) is 4. The summed E-state index contributed by atoms with van der Waals surface area (Å²) >= 11 is 5.98. The van der Waals surface area contributed by atoms with Crippen molar-refractivity contribution in [2.24, 2.45) is 0 Å². The summed E-state index contributed by atoms with van der Waals surface area (Å²) in [6.45, 7) is 3.74.